The number of rotatable bonds is 4. The molecule has 0 aliphatic carbocycles. The van der Waals surface area contributed by atoms with E-state index in [9.17, 15) is 18.0 Å². The lowest BCUT2D eigenvalue weighted by molar-refractivity contribution is -0.141. The molecule has 0 aliphatic rings. The van der Waals surface area contributed by atoms with Crippen molar-refractivity contribution >= 4 is 17.2 Å². The number of benzene rings is 1. The van der Waals surface area contributed by atoms with E-state index in [1.54, 1.807) is 31.2 Å². The number of para-hydroxylation sites is 1. The molecule has 0 saturated heterocycles. The zero-order chi connectivity index (χ0) is 18.0. The second-order valence-electron chi connectivity index (χ2n) is 5.24. The van der Waals surface area contributed by atoms with Gasteiger partial charge in [0.25, 0.3) is 5.91 Å². The first-order chi connectivity index (χ1) is 11.8. The normalized spacial score (nSPS) is 12.8. The summed E-state index contributed by atoms with van der Waals surface area (Å²) in [4.78, 5) is 16.0. The van der Waals surface area contributed by atoms with Crippen LogP contribution in [0.15, 0.2) is 48.8 Å². The Balaban J connectivity index is 1.72. The Kier molecular flexibility index (Phi) is 4.30. The quantitative estimate of drug-likeness (QED) is 0.785. The summed E-state index contributed by atoms with van der Waals surface area (Å²) < 4.78 is 44.4. The number of halogens is 3. The van der Waals surface area contributed by atoms with Crippen LogP contribution in [0, 0.1) is 0 Å². The van der Waals surface area contributed by atoms with Crippen molar-refractivity contribution in [3.8, 4) is 5.75 Å². The van der Waals surface area contributed by atoms with Crippen molar-refractivity contribution < 1.29 is 22.7 Å². The largest absolute Gasteiger partial charge is 0.481 e. The lowest BCUT2D eigenvalue weighted by Gasteiger charge is -2.14. The number of amides is 1. The van der Waals surface area contributed by atoms with Crippen molar-refractivity contribution in [1.29, 1.82) is 0 Å². The van der Waals surface area contributed by atoms with E-state index in [0.29, 0.717) is 5.75 Å². The maximum atomic E-state index is 12.7. The van der Waals surface area contributed by atoms with Crippen molar-refractivity contribution in [2.24, 2.45) is 0 Å². The van der Waals surface area contributed by atoms with Gasteiger partial charge in [-0.3, -0.25) is 4.79 Å². The Morgan fingerprint density at radius 3 is 2.68 bits per heavy atom. The van der Waals surface area contributed by atoms with E-state index in [1.807, 2.05) is 6.07 Å². The van der Waals surface area contributed by atoms with Crippen LogP contribution in [0.3, 0.4) is 0 Å². The highest BCUT2D eigenvalue weighted by Gasteiger charge is 2.34. The second kappa shape index (κ2) is 6.42. The lowest BCUT2D eigenvalue weighted by Crippen LogP contribution is -2.30. The summed E-state index contributed by atoms with van der Waals surface area (Å²) in [6, 6.07) is 9.60. The van der Waals surface area contributed by atoms with E-state index in [-0.39, 0.29) is 11.3 Å². The fourth-order valence-electron chi connectivity index (χ4n) is 2.08. The van der Waals surface area contributed by atoms with Crippen LogP contribution in [0.4, 0.5) is 18.9 Å². The number of nitrogens with one attached hydrogen (secondary N) is 1. The Morgan fingerprint density at radius 1 is 1.28 bits per heavy atom. The predicted molar refractivity (Wildman–Crippen MR) is 83.2 cm³/mol. The number of carbonyl (C=O) groups excluding carboxylic acids is 1. The summed E-state index contributed by atoms with van der Waals surface area (Å²) in [6.45, 7) is 1.56. The molecule has 0 unspecified atom stereocenters. The molecule has 1 aromatic carbocycles. The molecule has 3 rings (SSSR count). The van der Waals surface area contributed by atoms with E-state index in [1.165, 1.54) is 12.4 Å². The molecule has 0 radical (unpaired) electrons. The fraction of sp³-hybridized carbons (Fsp3) is 0.188. The highest BCUT2D eigenvalue weighted by molar-refractivity contribution is 5.93. The van der Waals surface area contributed by atoms with Gasteiger partial charge in [-0.25, -0.2) is 9.50 Å². The van der Waals surface area contributed by atoms with Gasteiger partial charge in [0.05, 0.1) is 18.1 Å². The standard InChI is InChI=1S/C16H13F3N4O2/c1-10(25-12-5-3-2-4-6-12)15(24)21-11-8-20-14-7-13(16(17,18)19)22-23(14)9-11/h2-10H,1H3,(H,21,24)/t10-/m1/s1. The maximum absolute atomic E-state index is 12.7. The first-order valence-corrected chi connectivity index (χ1v) is 7.28. The van der Waals surface area contributed by atoms with Crippen LogP contribution < -0.4 is 10.1 Å². The molecule has 0 aliphatic heterocycles. The fourth-order valence-corrected chi connectivity index (χ4v) is 2.08. The monoisotopic (exact) mass is 350 g/mol. The highest BCUT2D eigenvalue weighted by Crippen LogP contribution is 2.28. The molecular weight excluding hydrogens is 337 g/mol. The Morgan fingerprint density at radius 2 is 2.00 bits per heavy atom. The average Bonchev–Trinajstić information content (AvgIpc) is 2.99. The Labute approximate surface area is 140 Å². The smallest absolute Gasteiger partial charge is 0.435 e. The van der Waals surface area contributed by atoms with Crippen LogP contribution in [-0.4, -0.2) is 26.6 Å². The van der Waals surface area contributed by atoms with Crippen molar-refractivity contribution in [3.63, 3.8) is 0 Å². The molecule has 3 aromatic rings. The summed E-state index contributed by atoms with van der Waals surface area (Å²) in [5, 5.41) is 5.94. The molecule has 1 atom stereocenters. The zero-order valence-electron chi connectivity index (χ0n) is 13.0. The number of nitrogens with zero attached hydrogens (tertiary/aromatic N) is 3. The van der Waals surface area contributed by atoms with Gasteiger partial charge >= 0.3 is 6.18 Å². The zero-order valence-corrected chi connectivity index (χ0v) is 13.0. The predicted octanol–water partition coefficient (Wildman–Crippen LogP) is 3.15. The van der Waals surface area contributed by atoms with Gasteiger partial charge in [0.15, 0.2) is 17.4 Å². The number of carbonyl (C=O) groups is 1. The van der Waals surface area contributed by atoms with Crippen molar-refractivity contribution in [3.05, 3.63) is 54.5 Å². The van der Waals surface area contributed by atoms with E-state index in [0.717, 1.165) is 10.6 Å². The number of aromatic nitrogens is 3. The number of alkyl halides is 3. The van der Waals surface area contributed by atoms with Gasteiger partial charge in [-0.1, -0.05) is 18.2 Å². The van der Waals surface area contributed by atoms with Crippen LogP contribution in [0.25, 0.3) is 5.65 Å². The topological polar surface area (TPSA) is 68.5 Å². The van der Waals surface area contributed by atoms with E-state index in [4.69, 9.17) is 4.74 Å². The molecule has 1 N–H and O–H groups in total. The molecule has 130 valence electrons. The SMILES string of the molecule is C[C@@H](Oc1ccccc1)C(=O)Nc1cnc2cc(C(F)(F)F)nn2c1. The number of hydrogen-bond acceptors (Lipinski definition) is 4. The first kappa shape index (κ1) is 16.7. The molecule has 0 spiro atoms. The van der Waals surface area contributed by atoms with Crippen LogP contribution >= 0.6 is 0 Å². The molecule has 1 amide bonds. The third-order valence-electron chi connectivity index (χ3n) is 3.30. The van der Waals surface area contributed by atoms with Crippen LogP contribution in [0.2, 0.25) is 0 Å². The third kappa shape index (κ3) is 3.87. The molecular formula is C16H13F3N4O2. The minimum Gasteiger partial charge on any atom is -0.481 e. The van der Waals surface area contributed by atoms with E-state index >= 15 is 0 Å². The van der Waals surface area contributed by atoms with Gasteiger partial charge in [0.2, 0.25) is 0 Å². The van der Waals surface area contributed by atoms with Crippen molar-refractivity contribution in [2.45, 2.75) is 19.2 Å². The number of anilines is 1. The summed E-state index contributed by atoms with van der Waals surface area (Å²) in [7, 11) is 0. The van der Waals surface area contributed by atoms with Crippen molar-refractivity contribution in [2.75, 3.05) is 5.32 Å². The summed E-state index contributed by atoms with van der Waals surface area (Å²) in [5.74, 6) is 0.0637. The van der Waals surface area contributed by atoms with Crippen LogP contribution in [0.5, 0.6) is 5.75 Å². The molecule has 2 aromatic heterocycles. The maximum Gasteiger partial charge on any atom is 0.435 e. The van der Waals surface area contributed by atoms with Crippen molar-refractivity contribution in [1.82, 2.24) is 14.6 Å². The van der Waals surface area contributed by atoms with Gasteiger partial charge in [0, 0.05) is 6.07 Å². The summed E-state index contributed by atoms with van der Waals surface area (Å²) in [5.41, 5.74) is -0.819. The molecule has 0 saturated carbocycles. The van der Waals surface area contributed by atoms with Gasteiger partial charge in [0.1, 0.15) is 5.75 Å². The van der Waals surface area contributed by atoms with Crippen LogP contribution in [-0.2, 0) is 11.0 Å². The van der Waals surface area contributed by atoms with Crippen LogP contribution in [0.1, 0.15) is 12.6 Å². The van der Waals surface area contributed by atoms with Gasteiger partial charge in [-0.2, -0.15) is 18.3 Å². The number of hydrogen-bond donors (Lipinski definition) is 1. The van der Waals surface area contributed by atoms with Gasteiger partial charge < -0.3 is 10.1 Å². The first-order valence-electron chi connectivity index (χ1n) is 7.28. The lowest BCUT2D eigenvalue weighted by atomic mass is 10.3. The number of ether oxygens (including phenoxy) is 1. The minimum atomic E-state index is -4.56. The third-order valence-corrected chi connectivity index (χ3v) is 3.30. The molecule has 9 heteroatoms. The van der Waals surface area contributed by atoms with E-state index in [2.05, 4.69) is 15.4 Å². The van der Waals surface area contributed by atoms with E-state index < -0.39 is 23.9 Å². The Bertz CT molecular complexity index is 893. The Hall–Kier alpha value is -3.10. The number of fused-ring (bicyclic) bond motifs is 1. The summed E-state index contributed by atoms with van der Waals surface area (Å²) in [6.07, 6.45) is -2.86. The minimum absolute atomic E-state index is 0.0268. The van der Waals surface area contributed by atoms with Gasteiger partial charge in [-0.05, 0) is 19.1 Å². The molecule has 25 heavy (non-hydrogen) atoms. The van der Waals surface area contributed by atoms with Gasteiger partial charge in [-0.15, -0.1) is 0 Å². The molecule has 2 heterocycles. The summed E-state index contributed by atoms with van der Waals surface area (Å²) >= 11 is 0. The molecule has 0 fully saturated rings. The second-order valence-corrected chi connectivity index (χ2v) is 5.24. The highest BCUT2D eigenvalue weighted by atomic mass is 19.4. The molecule has 6 nitrogen and oxygen atoms in total. The molecule has 0 bridgehead atoms. The average molecular weight is 350 g/mol.